The number of amides is 2. The van der Waals surface area contributed by atoms with Crippen molar-refractivity contribution in [3.8, 4) is 0 Å². The number of carbonyl (C=O) groups excluding carboxylic acids is 2. The van der Waals surface area contributed by atoms with Crippen molar-refractivity contribution in [3.05, 3.63) is 76.4 Å². The molecule has 36 heavy (non-hydrogen) atoms. The van der Waals surface area contributed by atoms with Crippen molar-refractivity contribution in [1.82, 2.24) is 9.97 Å². The molecule has 3 N–H and O–H groups in total. The summed E-state index contributed by atoms with van der Waals surface area (Å²) in [6, 6.07) is 9.45. The lowest BCUT2D eigenvalue weighted by Crippen LogP contribution is -2.15. The van der Waals surface area contributed by atoms with Crippen molar-refractivity contribution < 1.29 is 22.8 Å². The molecule has 1 aliphatic rings. The van der Waals surface area contributed by atoms with Crippen molar-refractivity contribution in [3.63, 3.8) is 0 Å². The summed E-state index contributed by atoms with van der Waals surface area (Å²) in [6.07, 6.45) is -0.955. The van der Waals surface area contributed by atoms with Gasteiger partial charge >= 0.3 is 6.18 Å². The van der Waals surface area contributed by atoms with Crippen molar-refractivity contribution in [2.75, 3.05) is 16.0 Å². The first-order chi connectivity index (χ1) is 17.2. The molecule has 5 rings (SSSR count). The fourth-order valence-corrected chi connectivity index (χ4v) is 4.55. The molecule has 0 unspecified atom stereocenters. The second-order valence-electron chi connectivity index (χ2n) is 8.48. The molecule has 0 saturated heterocycles. The molecule has 2 amide bonds. The van der Waals surface area contributed by atoms with Crippen LogP contribution in [0.3, 0.4) is 0 Å². The predicted molar refractivity (Wildman–Crippen MR) is 133 cm³/mol. The lowest BCUT2D eigenvalue weighted by molar-refractivity contribution is -0.137. The Kier molecular flexibility index (Phi) is 6.09. The molecule has 0 bridgehead atoms. The van der Waals surface area contributed by atoms with E-state index in [1.165, 1.54) is 29.8 Å². The molecular formula is C25H20F3N5O2S. The summed E-state index contributed by atoms with van der Waals surface area (Å²) in [7, 11) is 0. The van der Waals surface area contributed by atoms with Crippen LogP contribution in [0.25, 0.3) is 10.2 Å². The zero-order valence-corrected chi connectivity index (χ0v) is 19.8. The predicted octanol–water partition coefficient (Wildman–Crippen LogP) is 6.10. The van der Waals surface area contributed by atoms with E-state index in [-0.39, 0.29) is 11.5 Å². The maximum absolute atomic E-state index is 13.1. The number of benzene rings is 2. The van der Waals surface area contributed by atoms with E-state index in [0.29, 0.717) is 34.3 Å². The first kappa shape index (κ1) is 23.7. The molecule has 11 heteroatoms. The molecule has 1 fully saturated rings. The summed E-state index contributed by atoms with van der Waals surface area (Å²) in [5.74, 6) is -0.359. The Morgan fingerprint density at radius 2 is 1.83 bits per heavy atom. The van der Waals surface area contributed by atoms with Crippen molar-refractivity contribution in [2.24, 2.45) is 0 Å². The van der Waals surface area contributed by atoms with Gasteiger partial charge in [-0.05, 0) is 55.7 Å². The van der Waals surface area contributed by atoms with E-state index in [4.69, 9.17) is 0 Å². The highest BCUT2D eigenvalue weighted by atomic mass is 32.1. The number of halogens is 3. The number of carbonyl (C=O) groups is 2. The van der Waals surface area contributed by atoms with Gasteiger partial charge in [0.1, 0.15) is 12.1 Å². The van der Waals surface area contributed by atoms with Crippen LogP contribution in [0.15, 0.2) is 54.2 Å². The minimum Gasteiger partial charge on any atom is -0.366 e. The molecule has 1 aliphatic carbocycles. The third kappa shape index (κ3) is 5.01. The Hall–Kier alpha value is -3.99. The largest absolute Gasteiger partial charge is 0.416 e. The van der Waals surface area contributed by atoms with Crippen molar-refractivity contribution >= 4 is 50.6 Å². The summed E-state index contributed by atoms with van der Waals surface area (Å²) in [4.78, 5) is 34.3. The van der Waals surface area contributed by atoms with Crippen molar-refractivity contribution in [2.45, 2.75) is 32.0 Å². The maximum atomic E-state index is 13.1. The molecule has 2 aromatic heterocycles. The minimum atomic E-state index is -4.55. The van der Waals surface area contributed by atoms with Gasteiger partial charge in [0, 0.05) is 28.4 Å². The number of hydrogen-bond donors (Lipinski definition) is 3. The molecule has 1 saturated carbocycles. The second kappa shape index (κ2) is 9.23. The van der Waals surface area contributed by atoms with Crippen LogP contribution in [0, 0.1) is 6.92 Å². The third-order valence-corrected chi connectivity index (χ3v) is 6.69. The monoisotopic (exact) mass is 511 g/mol. The SMILES string of the molecule is Cc1ccc(NC(=O)c2cccc(C(F)(F)F)c2)cc1NC(=O)c1csc2c(NC3CC3)ncnc12. The highest BCUT2D eigenvalue weighted by Gasteiger charge is 2.31. The van der Waals surface area contributed by atoms with Crippen molar-refractivity contribution in [1.29, 1.82) is 0 Å². The van der Waals surface area contributed by atoms with E-state index < -0.39 is 17.6 Å². The van der Waals surface area contributed by atoms with Crippen LogP contribution in [-0.2, 0) is 6.18 Å². The highest BCUT2D eigenvalue weighted by molar-refractivity contribution is 7.18. The lowest BCUT2D eigenvalue weighted by atomic mass is 10.1. The third-order valence-electron chi connectivity index (χ3n) is 5.71. The fourth-order valence-electron chi connectivity index (χ4n) is 3.60. The van der Waals surface area contributed by atoms with Gasteiger partial charge in [-0.25, -0.2) is 9.97 Å². The number of aromatic nitrogens is 2. The Morgan fingerprint density at radius 1 is 1.03 bits per heavy atom. The number of thiophene rings is 1. The number of anilines is 3. The molecular weight excluding hydrogens is 491 g/mol. The van der Waals surface area contributed by atoms with Gasteiger partial charge in [0.25, 0.3) is 11.8 Å². The average molecular weight is 512 g/mol. The van der Waals surface area contributed by atoms with E-state index in [0.717, 1.165) is 35.2 Å². The Morgan fingerprint density at radius 3 is 2.58 bits per heavy atom. The maximum Gasteiger partial charge on any atom is 0.416 e. The molecule has 184 valence electrons. The number of rotatable bonds is 6. The van der Waals surface area contributed by atoms with Gasteiger partial charge in [-0.2, -0.15) is 13.2 Å². The van der Waals surface area contributed by atoms with Gasteiger partial charge in [0.2, 0.25) is 0 Å². The molecule has 0 atom stereocenters. The lowest BCUT2D eigenvalue weighted by Gasteiger charge is -2.12. The number of fused-ring (bicyclic) bond motifs is 1. The molecule has 4 aromatic rings. The number of alkyl halides is 3. The molecule has 7 nitrogen and oxygen atoms in total. The Balaban J connectivity index is 1.34. The molecule has 0 aliphatic heterocycles. The van der Waals surface area contributed by atoms with Gasteiger partial charge in [-0.15, -0.1) is 11.3 Å². The number of nitrogens with zero attached hydrogens (tertiary/aromatic N) is 2. The summed E-state index contributed by atoms with van der Waals surface area (Å²) >= 11 is 1.38. The Labute approximate surface area is 207 Å². The quantitative estimate of drug-likeness (QED) is 0.291. The molecule has 0 spiro atoms. The number of aryl methyl sites for hydroxylation is 1. The van der Waals surface area contributed by atoms with Gasteiger partial charge in [-0.1, -0.05) is 12.1 Å². The van der Waals surface area contributed by atoms with E-state index in [9.17, 15) is 22.8 Å². The van der Waals surface area contributed by atoms with E-state index in [2.05, 4.69) is 25.9 Å². The number of hydrogen-bond acceptors (Lipinski definition) is 6. The summed E-state index contributed by atoms with van der Waals surface area (Å²) in [6.45, 7) is 1.79. The van der Waals surface area contributed by atoms with Crippen LogP contribution in [0.5, 0.6) is 0 Å². The first-order valence-electron chi connectivity index (χ1n) is 11.1. The fraction of sp³-hybridized carbons (Fsp3) is 0.200. The normalized spacial score (nSPS) is 13.4. The zero-order chi connectivity index (χ0) is 25.4. The first-order valence-corrected chi connectivity index (χ1v) is 12.0. The number of nitrogens with one attached hydrogen (secondary N) is 3. The van der Waals surface area contributed by atoms with Gasteiger partial charge in [0.05, 0.1) is 21.3 Å². The topological polar surface area (TPSA) is 96.0 Å². The second-order valence-corrected chi connectivity index (χ2v) is 9.36. The average Bonchev–Trinajstić information content (AvgIpc) is 3.55. The Bertz CT molecular complexity index is 1480. The van der Waals surface area contributed by atoms with Crippen LogP contribution in [0.2, 0.25) is 0 Å². The van der Waals surface area contributed by atoms with Gasteiger partial charge in [0.15, 0.2) is 0 Å². The van der Waals surface area contributed by atoms with Crippen LogP contribution >= 0.6 is 11.3 Å². The van der Waals surface area contributed by atoms with Crippen LogP contribution < -0.4 is 16.0 Å². The summed E-state index contributed by atoms with van der Waals surface area (Å²) in [5, 5.41) is 10.5. The van der Waals surface area contributed by atoms with E-state index in [1.807, 2.05) is 0 Å². The molecule has 0 radical (unpaired) electrons. The minimum absolute atomic E-state index is 0.129. The standard InChI is InChI=1S/C25H20F3N5O2S/c1-13-5-6-17(32-23(34)14-3-2-4-15(9-14)25(26,27)28)10-19(13)33-24(35)18-11-36-21-20(18)29-12-30-22(21)31-16-7-8-16/h2-6,9-12,16H,7-8H2,1H3,(H,32,34)(H,33,35)(H,29,30,31). The van der Waals surface area contributed by atoms with Gasteiger partial charge < -0.3 is 16.0 Å². The van der Waals surface area contributed by atoms with Crippen LogP contribution in [0.4, 0.5) is 30.4 Å². The smallest absolute Gasteiger partial charge is 0.366 e. The molecule has 2 heterocycles. The summed E-state index contributed by atoms with van der Waals surface area (Å²) in [5.41, 5.74) is 1.42. The van der Waals surface area contributed by atoms with Crippen LogP contribution in [0.1, 0.15) is 44.7 Å². The molecule has 2 aromatic carbocycles. The summed E-state index contributed by atoms with van der Waals surface area (Å²) < 4.78 is 39.8. The zero-order valence-electron chi connectivity index (χ0n) is 18.9. The van der Waals surface area contributed by atoms with E-state index in [1.54, 1.807) is 30.5 Å². The van der Waals surface area contributed by atoms with Gasteiger partial charge in [-0.3, -0.25) is 9.59 Å². The highest BCUT2D eigenvalue weighted by Crippen LogP contribution is 2.33. The van der Waals surface area contributed by atoms with E-state index >= 15 is 0 Å². The van der Waals surface area contributed by atoms with Crippen LogP contribution in [-0.4, -0.2) is 27.8 Å².